The van der Waals surface area contributed by atoms with Crippen LogP contribution in [0.4, 0.5) is 0 Å². The van der Waals surface area contributed by atoms with E-state index in [-0.39, 0.29) is 10.8 Å². The first kappa shape index (κ1) is 17.9. The van der Waals surface area contributed by atoms with Crippen molar-refractivity contribution in [2.24, 2.45) is 0 Å². The fourth-order valence-electron chi connectivity index (χ4n) is 5.63. The SMILES string of the molecule is Cc1c2c(cc3ccccc13)-c1nccc3cc4c(c(c13)O2)C(C)(C)CCC4(C)C. The van der Waals surface area contributed by atoms with Crippen molar-refractivity contribution in [3.63, 3.8) is 0 Å². The standard InChI is InChI=1S/C28H27NO/c1-16-19-9-7-6-8-17(19)14-20-24-22-18(10-13-29-24)15-21-23(26(22)30-25(16)20)28(4,5)12-11-27(21,2)3/h6-10,13-15H,11-12H2,1-5H3. The molecule has 2 aliphatic rings. The van der Waals surface area contributed by atoms with E-state index in [0.717, 1.165) is 29.2 Å². The Morgan fingerprint density at radius 2 is 1.63 bits per heavy atom. The lowest BCUT2D eigenvalue weighted by Crippen LogP contribution is -2.34. The second kappa shape index (κ2) is 5.63. The molecule has 0 atom stereocenters. The van der Waals surface area contributed by atoms with E-state index in [1.54, 1.807) is 0 Å². The Hall–Kier alpha value is -2.87. The minimum Gasteiger partial charge on any atom is -0.455 e. The largest absolute Gasteiger partial charge is 0.455 e. The summed E-state index contributed by atoms with van der Waals surface area (Å²) in [5.41, 5.74) is 6.37. The first-order valence-electron chi connectivity index (χ1n) is 11.0. The lowest BCUT2D eigenvalue weighted by molar-refractivity contribution is 0.321. The molecular weight excluding hydrogens is 366 g/mol. The van der Waals surface area contributed by atoms with Gasteiger partial charge in [-0.05, 0) is 70.5 Å². The monoisotopic (exact) mass is 393 g/mol. The van der Waals surface area contributed by atoms with Crippen LogP contribution in [0, 0.1) is 6.92 Å². The quantitative estimate of drug-likeness (QED) is 0.267. The van der Waals surface area contributed by atoms with Gasteiger partial charge in [-0.25, -0.2) is 0 Å². The minimum atomic E-state index is 0.0732. The predicted octanol–water partition coefficient (Wildman–Crippen LogP) is 7.82. The summed E-state index contributed by atoms with van der Waals surface area (Å²) in [6.45, 7) is 11.7. The molecule has 3 aromatic carbocycles. The van der Waals surface area contributed by atoms with E-state index in [0.29, 0.717) is 0 Å². The third kappa shape index (κ3) is 2.22. The van der Waals surface area contributed by atoms with Gasteiger partial charge in [-0.15, -0.1) is 0 Å². The smallest absolute Gasteiger partial charge is 0.141 e. The van der Waals surface area contributed by atoms with Crippen LogP contribution in [-0.2, 0) is 10.8 Å². The first-order valence-corrected chi connectivity index (χ1v) is 11.0. The summed E-state index contributed by atoms with van der Waals surface area (Å²) >= 11 is 0. The highest BCUT2D eigenvalue weighted by Crippen LogP contribution is 2.57. The molecule has 2 nitrogen and oxygen atoms in total. The molecule has 1 aliphatic heterocycles. The maximum absolute atomic E-state index is 6.88. The van der Waals surface area contributed by atoms with Gasteiger partial charge in [-0.1, -0.05) is 52.0 Å². The highest BCUT2D eigenvalue weighted by Gasteiger charge is 2.42. The number of pyridine rings is 1. The van der Waals surface area contributed by atoms with E-state index >= 15 is 0 Å². The van der Waals surface area contributed by atoms with Crippen molar-refractivity contribution in [2.75, 3.05) is 0 Å². The molecule has 0 N–H and O–H groups in total. The Morgan fingerprint density at radius 3 is 2.47 bits per heavy atom. The molecule has 0 unspecified atom stereocenters. The molecule has 1 aromatic heterocycles. The molecule has 6 rings (SSSR count). The molecule has 0 saturated heterocycles. The molecule has 0 amide bonds. The summed E-state index contributed by atoms with van der Waals surface area (Å²) in [7, 11) is 0. The van der Waals surface area contributed by atoms with Crippen molar-refractivity contribution >= 4 is 21.5 Å². The van der Waals surface area contributed by atoms with E-state index in [1.165, 1.54) is 44.7 Å². The Bertz CT molecular complexity index is 1380. The number of benzene rings is 3. The van der Waals surface area contributed by atoms with E-state index in [1.807, 2.05) is 6.20 Å². The minimum absolute atomic E-state index is 0.0732. The third-order valence-electron chi connectivity index (χ3n) is 7.50. The van der Waals surface area contributed by atoms with E-state index in [9.17, 15) is 0 Å². The zero-order valence-electron chi connectivity index (χ0n) is 18.4. The average Bonchev–Trinajstić information content (AvgIpc) is 2.72. The van der Waals surface area contributed by atoms with Crippen LogP contribution in [0.3, 0.4) is 0 Å². The molecule has 0 spiro atoms. The van der Waals surface area contributed by atoms with E-state index < -0.39 is 0 Å². The average molecular weight is 394 g/mol. The topological polar surface area (TPSA) is 22.1 Å². The number of hydrogen-bond donors (Lipinski definition) is 0. The van der Waals surface area contributed by atoms with Crippen LogP contribution in [0.1, 0.15) is 57.2 Å². The van der Waals surface area contributed by atoms with Crippen LogP contribution >= 0.6 is 0 Å². The van der Waals surface area contributed by atoms with Gasteiger partial charge in [0.05, 0.1) is 11.1 Å². The fourth-order valence-corrected chi connectivity index (χ4v) is 5.63. The fraction of sp³-hybridized carbons (Fsp3) is 0.321. The van der Waals surface area contributed by atoms with Crippen molar-refractivity contribution in [3.8, 4) is 22.8 Å². The second-order valence-corrected chi connectivity index (χ2v) is 10.4. The highest BCUT2D eigenvalue weighted by molar-refractivity contribution is 6.07. The van der Waals surface area contributed by atoms with E-state index in [2.05, 4.69) is 77.1 Å². The van der Waals surface area contributed by atoms with Crippen molar-refractivity contribution in [2.45, 2.75) is 58.3 Å². The molecule has 4 aromatic rings. The van der Waals surface area contributed by atoms with Crippen LogP contribution in [0.25, 0.3) is 32.8 Å². The third-order valence-corrected chi connectivity index (χ3v) is 7.50. The lowest BCUT2D eigenvalue weighted by Gasteiger charge is -2.43. The number of hydrogen-bond acceptors (Lipinski definition) is 2. The lowest BCUT2D eigenvalue weighted by atomic mass is 9.62. The summed E-state index contributed by atoms with van der Waals surface area (Å²) in [4.78, 5) is 4.88. The molecule has 0 fully saturated rings. The van der Waals surface area contributed by atoms with Gasteiger partial charge in [0.25, 0.3) is 0 Å². The highest BCUT2D eigenvalue weighted by atomic mass is 16.5. The molecule has 2 heterocycles. The van der Waals surface area contributed by atoms with Crippen molar-refractivity contribution in [3.05, 3.63) is 65.4 Å². The number of fused-ring (bicyclic) bond motifs is 5. The Morgan fingerprint density at radius 1 is 0.867 bits per heavy atom. The maximum atomic E-state index is 6.88. The Kier molecular flexibility index (Phi) is 3.37. The molecule has 0 bridgehead atoms. The van der Waals surface area contributed by atoms with Gasteiger partial charge in [0.1, 0.15) is 11.5 Å². The van der Waals surface area contributed by atoms with Gasteiger partial charge < -0.3 is 4.74 Å². The van der Waals surface area contributed by atoms with Gasteiger partial charge >= 0.3 is 0 Å². The van der Waals surface area contributed by atoms with Crippen molar-refractivity contribution < 1.29 is 4.74 Å². The van der Waals surface area contributed by atoms with E-state index in [4.69, 9.17) is 9.72 Å². The maximum Gasteiger partial charge on any atom is 0.141 e. The Labute approximate surface area is 177 Å². The number of ether oxygens (including phenoxy) is 1. The molecule has 1 aliphatic carbocycles. The normalized spacial score (nSPS) is 18.0. The van der Waals surface area contributed by atoms with Crippen LogP contribution in [0.15, 0.2) is 48.7 Å². The number of nitrogens with zero attached hydrogens (tertiary/aromatic N) is 1. The van der Waals surface area contributed by atoms with Crippen LogP contribution in [-0.4, -0.2) is 4.98 Å². The summed E-state index contributed by atoms with van der Waals surface area (Å²) in [5, 5.41) is 4.88. The predicted molar refractivity (Wildman–Crippen MR) is 125 cm³/mol. The first-order chi connectivity index (χ1) is 14.3. The molecule has 0 saturated carbocycles. The second-order valence-electron chi connectivity index (χ2n) is 10.4. The summed E-state index contributed by atoms with van der Waals surface area (Å²) in [6.07, 6.45) is 4.30. The summed E-state index contributed by atoms with van der Waals surface area (Å²) in [5.74, 6) is 2.00. The van der Waals surface area contributed by atoms with Crippen LogP contribution < -0.4 is 4.74 Å². The van der Waals surface area contributed by atoms with Gasteiger partial charge in [0, 0.05) is 22.9 Å². The molecule has 150 valence electrons. The summed E-state index contributed by atoms with van der Waals surface area (Å²) < 4.78 is 6.88. The van der Waals surface area contributed by atoms with Crippen LogP contribution in [0.5, 0.6) is 11.5 Å². The molecule has 30 heavy (non-hydrogen) atoms. The zero-order valence-corrected chi connectivity index (χ0v) is 18.4. The van der Waals surface area contributed by atoms with Gasteiger partial charge in [-0.3, -0.25) is 4.98 Å². The van der Waals surface area contributed by atoms with Crippen molar-refractivity contribution in [1.82, 2.24) is 4.98 Å². The van der Waals surface area contributed by atoms with Crippen molar-refractivity contribution in [1.29, 1.82) is 0 Å². The van der Waals surface area contributed by atoms with Gasteiger partial charge in [0.15, 0.2) is 0 Å². The number of aromatic nitrogens is 1. The molecule has 2 heteroatoms. The zero-order chi connectivity index (χ0) is 20.8. The van der Waals surface area contributed by atoms with Crippen LogP contribution in [0.2, 0.25) is 0 Å². The number of rotatable bonds is 0. The number of aryl methyl sites for hydroxylation is 1. The molecule has 0 radical (unpaired) electrons. The molecular formula is C28H27NO. The van der Waals surface area contributed by atoms with Gasteiger partial charge in [-0.2, -0.15) is 0 Å². The Balaban J connectivity index is 1.79. The summed E-state index contributed by atoms with van der Waals surface area (Å²) in [6, 6.07) is 15.4. The van der Waals surface area contributed by atoms with Gasteiger partial charge in [0.2, 0.25) is 0 Å².